The monoisotopic (exact) mass is 702 g/mol. The van der Waals surface area contributed by atoms with Crippen LogP contribution in [0.1, 0.15) is 44.5 Å². The molecule has 8 aromatic rings. The summed E-state index contributed by atoms with van der Waals surface area (Å²) in [4.78, 5) is 0. The lowest BCUT2D eigenvalue weighted by Crippen LogP contribution is -1.81. The molecule has 54 heavy (non-hydrogen) atoms. The Morgan fingerprint density at radius 1 is 0.185 bits per heavy atom. The number of benzene rings is 8. The molecule has 0 amide bonds. The third-order valence-corrected chi connectivity index (χ3v) is 9.67. The van der Waals surface area contributed by atoms with Gasteiger partial charge in [0.2, 0.25) is 0 Å². The second-order valence-electron chi connectivity index (χ2n) is 14.4. The van der Waals surface area contributed by atoms with E-state index in [1.54, 1.807) is 0 Å². The van der Waals surface area contributed by atoms with Crippen LogP contribution in [0.3, 0.4) is 0 Å². The minimum Gasteiger partial charge on any atom is -0.0616 e. The van der Waals surface area contributed by atoms with Crippen molar-refractivity contribution in [2.45, 2.75) is 55.4 Å². The third kappa shape index (κ3) is 11.5. The van der Waals surface area contributed by atoms with Crippen molar-refractivity contribution in [3.8, 4) is 33.4 Å². The molecule has 0 atom stereocenters. The van der Waals surface area contributed by atoms with Crippen molar-refractivity contribution in [1.82, 2.24) is 0 Å². The topological polar surface area (TPSA) is 0 Å². The highest BCUT2D eigenvalue weighted by atomic mass is 14.1. The van der Waals surface area contributed by atoms with E-state index in [1.807, 2.05) is 0 Å². The fourth-order valence-electron chi connectivity index (χ4n) is 6.08. The van der Waals surface area contributed by atoms with Crippen LogP contribution in [-0.2, 0) is 0 Å². The van der Waals surface area contributed by atoms with E-state index in [0.717, 1.165) is 0 Å². The van der Waals surface area contributed by atoms with Crippen LogP contribution in [-0.4, -0.2) is 0 Å². The predicted octanol–water partition coefficient (Wildman–Crippen LogP) is 15.4. The Kier molecular flexibility index (Phi) is 13.9. The summed E-state index contributed by atoms with van der Waals surface area (Å²) >= 11 is 0. The molecule has 0 aliphatic carbocycles. The summed E-state index contributed by atoms with van der Waals surface area (Å²) in [7, 11) is 0. The SMILES string of the molecule is Cc1ccc(-c2ccc(-c3ccc(C)cc3)cc2)cc1.Cc1ccc(-c2ccc(C)cc2)cc1.Cc1ccc(C)c2ccccc12.Cc1ccc(C)cc1. The van der Waals surface area contributed by atoms with Crippen molar-refractivity contribution in [1.29, 1.82) is 0 Å². The van der Waals surface area contributed by atoms with Crippen molar-refractivity contribution in [3.05, 3.63) is 226 Å². The van der Waals surface area contributed by atoms with Gasteiger partial charge >= 0.3 is 0 Å². The molecule has 0 radical (unpaired) electrons. The molecule has 0 nitrogen and oxygen atoms in total. The average molecular weight is 703 g/mol. The van der Waals surface area contributed by atoms with Gasteiger partial charge in [0.25, 0.3) is 0 Å². The van der Waals surface area contributed by atoms with E-state index in [-0.39, 0.29) is 0 Å². The maximum atomic E-state index is 2.19. The molecule has 0 aromatic heterocycles. The van der Waals surface area contributed by atoms with Gasteiger partial charge in [-0.2, -0.15) is 0 Å². The van der Waals surface area contributed by atoms with Crippen molar-refractivity contribution in [3.63, 3.8) is 0 Å². The first-order valence-electron chi connectivity index (χ1n) is 18.9. The second-order valence-corrected chi connectivity index (χ2v) is 14.4. The summed E-state index contributed by atoms with van der Waals surface area (Å²) in [5, 5.41) is 2.75. The summed E-state index contributed by atoms with van der Waals surface area (Å²) in [6.45, 7) is 17.0. The largest absolute Gasteiger partial charge is 0.0616 e. The first kappa shape index (κ1) is 39.2. The molecule has 270 valence electrons. The molecule has 0 heterocycles. The van der Waals surface area contributed by atoms with E-state index in [0.29, 0.717) is 0 Å². The Morgan fingerprint density at radius 2 is 0.352 bits per heavy atom. The number of hydrogen-bond donors (Lipinski definition) is 0. The quantitative estimate of drug-likeness (QED) is 0.172. The van der Waals surface area contributed by atoms with E-state index in [2.05, 4.69) is 237 Å². The van der Waals surface area contributed by atoms with Gasteiger partial charge in [0.05, 0.1) is 0 Å². The van der Waals surface area contributed by atoms with Gasteiger partial charge in [-0.25, -0.2) is 0 Å². The highest BCUT2D eigenvalue weighted by Gasteiger charge is 2.01. The van der Waals surface area contributed by atoms with Crippen molar-refractivity contribution >= 4 is 10.8 Å². The molecule has 8 rings (SSSR count). The Labute approximate surface area is 324 Å². The van der Waals surface area contributed by atoms with Gasteiger partial charge in [-0.1, -0.05) is 215 Å². The summed E-state index contributed by atoms with van der Waals surface area (Å²) in [6, 6.07) is 64.7. The fourth-order valence-corrected chi connectivity index (χ4v) is 6.08. The van der Waals surface area contributed by atoms with E-state index in [4.69, 9.17) is 0 Å². The van der Waals surface area contributed by atoms with Gasteiger partial charge in [0.15, 0.2) is 0 Å². The van der Waals surface area contributed by atoms with Crippen LogP contribution < -0.4 is 0 Å². The minimum atomic E-state index is 1.26. The summed E-state index contributed by atoms with van der Waals surface area (Å²) in [5.41, 5.74) is 18.2. The first-order chi connectivity index (χ1) is 26.0. The van der Waals surface area contributed by atoms with Gasteiger partial charge < -0.3 is 0 Å². The molecule has 0 saturated heterocycles. The van der Waals surface area contributed by atoms with E-state index in [1.165, 1.54) is 88.7 Å². The first-order valence-corrected chi connectivity index (χ1v) is 18.9. The molecular weight excluding hydrogens is 649 g/mol. The van der Waals surface area contributed by atoms with Gasteiger partial charge in [-0.05, 0) is 111 Å². The lowest BCUT2D eigenvalue weighted by molar-refractivity contribution is 1.40. The van der Waals surface area contributed by atoms with Gasteiger partial charge in [0.1, 0.15) is 0 Å². The van der Waals surface area contributed by atoms with Gasteiger partial charge in [-0.15, -0.1) is 0 Å². The Hall–Kier alpha value is -5.98. The van der Waals surface area contributed by atoms with Gasteiger partial charge in [-0.3, -0.25) is 0 Å². The number of hydrogen-bond acceptors (Lipinski definition) is 0. The molecule has 0 aliphatic heterocycles. The Bertz CT molecular complexity index is 2150. The van der Waals surface area contributed by atoms with Crippen LogP contribution in [0.5, 0.6) is 0 Å². The Balaban J connectivity index is 0.000000146. The fraction of sp³-hybridized carbons (Fsp3) is 0.148. The van der Waals surface area contributed by atoms with Crippen molar-refractivity contribution in [2.24, 2.45) is 0 Å². The van der Waals surface area contributed by atoms with Crippen LogP contribution in [0, 0.1) is 55.4 Å². The van der Waals surface area contributed by atoms with E-state index >= 15 is 0 Å². The summed E-state index contributed by atoms with van der Waals surface area (Å²) in [6.07, 6.45) is 0. The van der Waals surface area contributed by atoms with Crippen LogP contribution in [0.2, 0.25) is 0 Å². The summed E-state index contributed by atoms with van der Waals surface area (Å²) < 4.78 is 0. The smallest absolute Gasteiger partial charge is 0.0152 e. The highest BCUT2D eigenvalue weighted by molar-refractivity contribution is 5.88. The normalized spacial score (nSPS) is 10.2. The molecule has 0 heteroatoms. The number of fused-ring (bicyclic) bond motifs is 1. The molecule has 8 aromatic carbocycles. The zero-order valence-electron chi connectivity index (χ0n) is 33.3. The van der Waals surface area contributed by atoms with Crippen LogP contribution in [0.25, 0.3) is 44.2 Å². The maximum absolute atomic E-state index is 2.19. The lowest BCUT2D eigenvalue weighted by Gasteiger charge is -2.06. The standard InChI is InChI=1S/C20H18.C14H14.C12H12.C8H10/c1-15-3-7-17(8-4-15)19-11-13-20(14-12-19)18-9-5-16(2)6-10-18;1-11-3-7-13(8-4-11)14-9-5-12(2)6-10-14;1-9-7-8-10(2)12-6-4-3-5-11(9)12;1-7-3-5-8(2)6-4-7/h3-14H,1-2H3;3-10H,1-2H3;3-8H,1-2H3;3-6H,1-2H3. The number of rotatable bonds is 3. The summed E-state index contributed by atoms with van der Waals surface area (Å²) in [5.74, 6) is 0. The molecule has 0 unspecified atom stereocenters. The molecule has 0 spiro atoms. The number of aryl methyl sites for hydroxylation is 8. The van der Waals surface area contributed by atoms with Crippen LogP contribution in [0.15, 0.2) is 182 Å². The zero-order valence-corrected chi connectivity index (χ0v) is 33.3. The van der Waals surface area contributed by atoms with E-state index < -0.39 is 0 Å². The van der Waals surface area contributed by atoms with Crippen LogP contribution in [0.4, 0.5) is 0 Å². The molecule has 0 saturated carbocycles. The molecule has 0 N–H and O–H groups in total. The zero-order chi connectivity index (χ0) is 38.5. The van der Waals surface area contributed by atoms with E-state index in [9.17, 15) is 0 Å². The molecule has 0 aliphatic rings. The van der Waals surface area contributed by atoms with Crippen LogP contribution >= 0.6 is 0 Å². The van der Waals surface area contributed by atoms with Crippen molar-refractivity contribution in [2.75, 3.05) is 0 Å². The van der Waals surface area contributed by atoms with Gasteiger partial charge in [0, 0.05) is 0 Å². The average Bonchev–Trinajstić information content (AvgIpc) is 3.20. The third-order valence-electron chi connectivity index (χ3n) is 9.67. The predicted molar refractivity (Wildman–Crippen MR) is 237 cm³/mol. The maximum Gasteiger partial charge on any atom is -0.0152 e. The molecule has 0 bridgehead atoms. The second kappa shape index (κ2) is 19.2. The Morgan fingerprint density at radius 3 is 0.556 bits per heavy atom. The minimum absolute atomic E-state index is 1.26. The highest BCUT2D eigenvalue weighted by Crippen LogP contribution is 2.26. The lowest BCUT2D eigenvalue weighted by atomic mass is 9.99. The molecule has 0 fully saturated rings. The molecular formula is C54H54. The van der Waals surface area contributed by atoms with Crippen molar-refractivity contribution < 1.29 is 0 Å².